The Hall–Kier alpha value is -1.78. The molecule has 1 aromatic heterocycles. The summed E-state index contributed by atoms with van der Waals surface area (Å²) in [7, 11) is 0. The predicted molar refractivity (Wildman–Crippen MR) is 85.1 cm³/mol. The van der Waals surface area contributed by atoms with Crippen LogP contribution in [0, 0.1) is 0 Å². The largest absolute Gasteiger partial charge is 0.456 e. The Morgan fingerprint density at radius 2 is 1.86 bits per heavy atom. The lowest BCUT2D eigenvalue weighted by Gasteiger charge is -2.08. The average molecular weight is 363 g/mol. The fourth-order valence-electron chi connectivity index (χ4n) is 2.42. The summed E-state index contributed by atoms with van der Waals surface area (Å²) in [5.41, 5.74) is 2.48. The molecule has 0 N–H and O–H groups in total. The minimum absolute atomic E-state index is 0.554. The van der Waals surface area contributed by atoms with E-state index in [9.17, 15) is 0 Å². The maximum Gasteiger partial charge on any atom is 0.206 e. The lowest BCUT2D eigenvalue weighted by Crippen LogP contribution is -1.87. The van der Waals surface area contributed by atoms with Crippen molar-refractivity contribution in [3.05, 3.63) is 53.4 Å². The van der Waals surface area contributed by atoms with E-state index in [0.717, 1.165) is 28.3 Å². The molecule has 21 heavy (non-hydrogen) atoms. The number of aromatic nitrogens is 1. The Labute approximate surface area is 134 Å². The number of halogens is 2. The minimum atomic E-state index is 0.554. The highest BCUT2D eigenvalue weighted by Gasteiger charge is 2.26. The van der Waals surface area contributed by atoms with Crippen LogP contribution in [0.2, 0.25) is 5.02 Å². The third-order valence-corrected chi connectivity index (χ3v) is 4.05. The van der Waals surface area contributed by atoms with Gasteiger partial charge in [0.25, 0.3) is 0 Å². The molecule has 3 aromatic rings. The maximum absolute atomic E-state index is 6.13. The Morgan fingerprint density at radius 1 is 1.05 bits per heavy atom. The summed E-state index contributed by atoms with van der Waals surface area (Å²) < 4.78 is 11.9. The van der Waals surface area contributed by atoms with E-state index in [1.165, 1.54) is 0 Å². The first-order chi connectivity index (χ1) is 10.3. The number of rotatable bonds is 1. The molecule has 0 bridgehead atoms. The smallest absolute Gasteiger partial charge is 0.206 e. The van der Waals surface area contributed by atoms with Gasteiger partial charge in [0.2, 0.25) is 5.89 Å². The summed E-state index contributed by atoms with van der Waals surface area (Å²) in [6, 6.07) is 13.3. The third kappa shape index (κ3) is 2.06. The molecule has 0 amide bonds. The molecule has 5 heteroatoms. The van der Waals surface area contributed by atoms with Crippen molar-refractivity contribution in [2.45, 2.75) is 5.33 Å². The number of fused-ring (bicyclic) bond motifs is 5. The molecular formula is C16H9BrClNO2. The van der Waals surface area contributed by atoms with Crippen LogP contribution in [0.5, 0.6) is 11.5 Å². The van der Waals surface area contributed by atoms with E-state index in [4.69, 9.17) is 20.8 Å². The van der Waals surface area contributed by atoms with Crippen molar-refractivity contribution in [3.63, 3.8) is 0 Å². The average Bonchev–Trinajstić information content (AvgIpc) is 2.89. The van der Waals surface area contributed by atoms with Crippen molar-refractivity contribution >= 4 is 27.5 Å². The number of hydrogen-bond donors (Lipinski definition) is 0. The molecule has 0 unspecified atom stereocenters. The molecule has 0 radical (unpaired) electrons. The zero-order valence-electron chi connectivity index (χ0n) is 10.8. The number of alkyl halides is 1. The second-order valence-electron chi connectivity index (χ2n) is 4.66. The Balaban J connectivity index is 2.08. The fourth-order valence-corrected chi connectivity index (χ4v) is 2.84. The SMILES string of the molecule is Clc1ccc2c(c1)-c1nc(CBr)oc1-c1ccccc1O2. The number of para-hydroxylation sites is 1. The summed E-state index contributed by atoms with van der Waals surface area (Å²) in [4.78, 5) is 4.56. The first-order valence-corrected chi connectivity index (χ1v) is 7.89. The van der Waals surface area contributed by atoms with Gasteiger partial charge in [-0.1, -0.05) is 39.7 Å². The van der Waals surface area contributed by atoms with Gasteiger partial charge in [-0.25, -0.2) is 4.98 Å². The molecule has 3 nitrogen and oxygen atoms in total. The zero-order chi connectivity index (χ0) is 14.4. The fraction of sp³-hybridized carbons (Fsp3) is 0.0625. The van der Waals surface area contributed by atoms with Crippen LogP contribution in [0.15, 0.2) is 46.9 Å². The minimum Gasteiger partial charge on any atom is -0.456 e. The molecule has 0 saturated heterocycles. The summed E-state index contributed by atoms with van der Waals surface area (Å²) in [5, 5.41) is 1.19. The van der Waals surface area contributed by atoms with Crippen molar-refractivity contribution in [3.8, 4) is 34.1 Å². The summed E-state index contributed by atoms with van der Waals surface area (Å²) in [6.07, 6.45) is 0. The van der Waals surface area contributed by atoms with Gasteiger partial charge >= 0.3 is 0 Å². The van der Waals surface area contributed by atoms with Crippen LogP contribution in [-0.2, 0) is 5.33 Å². The molecule has 0 aliphatic carbocycles. The monoisotopic (exact) mass is 361 g/mol. The van der Waals surface area contributed by atoms with E-state index < -0.39 is 0 Å². The van der Waals surface area contributed by atoms with E-state index in [1.54, 1.807) is 6.07 Å². The Kier molecular flexibility index (Phi) is 3.01. The molecule has 0 saturated carbocycles. The van der Waals surface area contributed by atoms with Gasteiger partial charge in [0, 0.05) is 10.6 Å². The van der Waals surface area contributed by atoms with Gasteiger partial charge < -0.3 is 9.15 Å². The number of oxazole rings is 1. The van der Waals surface area contributed by atoms with Crippen LogP contribution >= 0.6 is 27.5 Å². The number of hydrogen-bond acceptors (Lipinski definition) is 3. The standard InChI is InChI=1S/C16H9BrClNO2/c17-8-14-19-15-11-7-9(18)5-6-13(11)20-12-4-2-1-3-10(12)16(15)21-14/h1-7H,8H2. The predicted octanol–water partition coefficient (Wildman–Crippen LogP) is 5.66. The highest BCUT2D eigenvalue weighted by atomic mass is 79.9. The molecule has 1 aliphatic rings. The highest BCUT2D eigenvalue weighted by Crippen LogP contribution is 2.47. The van der Waals surface area contributed by atoms with E-state index in [2.05, 4.69) is 20.9 Å². The molecule has 2 heterocycles. The van der Waals surface area contributed by atoms with Crippen molar-refractivity contribution in [2.75, 3.05) is 0 Å². The molecule has 0 atom stereocenters. The van der Waals surface area contributed by atoms with Crippen LogP contribution in [0.1, 0.15) is 5.89 Å². The quantitative estimate of drug-likeness (QED) is 0.410. The van der Waals surface area contributed by atoms with Crippen LogP contribution in [0.3, 0.4) is 0 Å². The lowest BCUT2D eigenvalue weighted by molar-refractivity contribution is 0.482. The second-order valence-corrected chi connectivity index (χ2v) is 5.65. The van der Waals surface area contributed by atoms with Crippen LogP contribution < -0.4 is 4.74 Å². The molecule has 104 valence electrons. The first kappa shape index (κ1) is 12.9. The van der Waals surface area contributed by atoms with Crippen LogP contribution in [-0.4, -0.2) is 4.98 Å². The summed E-state index contributed by atoms with van der Waals surface area (Å²) >= 11 is 9.51. The van der Waals surface area contributed by atoms with Crippen molar-refractivity contribution in [2.24, 2.45) is 0 Å². The normalized spacial score (nSPS) is 11.9. The van der Waals surface area contributed by atoms with E-state index in [0.29, 0.717) is 22.0 Å². The molecule has 2 aromatic carbocycles. The highest BCUT2D eigenvalue weighted by molar-refractivity contribution is 9.08. The lowest BCUT2D eigenvalue weighted by atomic mass is 10.1. The van der Waals surface area contributed by atoms with E-state index in [-0.39, 0.29) is 0 Å². The number of ether oxygens (including phenoxy) is 1. The van der Waals surface area contributed by atoms with E-state index in [1.807, 2.05) is 36.4 Å². The van der Waals surface area contributed by atoms with Crippen LogP contribution in [0.4, 0.5) is 0 Å². The topological polar surface area (TPSA) is 35.3 Å². The van der Waals surface area contributed by atoms with Gasteiger partial charge in [-0.2, -0.15) is 0 Å². The van der Waals surface area contributed by atoms with Gasteiger partial charge in [-0.15, -0.1) is 0 Å². The molecule has 4 rings (SSSR count). The van der Waals surface area contributed by atoms with E-state index >= 15 is 0 Å². The second kappa shape index (κ2) is 4.90. The van der Waals surface area contributed by atoms with Gasteiger partial charge in [0.05, 0.1) is 10.9 Å². The summed E-state index contributed by atoms with van der Waals surface area (Å²) in [6.45, 7) is 0. The van der Waals surface area contributed by atoms with Crippen molar-refractivity contribution in [1.82, 2.24) is 4.98 Å². The van der Waals surface area contributed by atoms with Crippen molar-refractivity contribution < 1.29 is 9.15 Å². The molecular weight excluding hydrogens is 354 g/mol. The Bertz CT molecular complexity index is 844. The molecule has 0 spiro atoms. The van der Waals surface area contributed by atoms with Gasteiger partial charge in [-0.3, -0.25) is 0 Å². The third-order valence-electron chi connectivity index (χ3n) is 3.33. The number of benzene rings is 2. The maximum atomic E-state index is 6.13. The molecule has 1 aliphatic heterocycles. The van der Waals surface area contributed by atoms with Crippen LogP contribution in [0.25, 0.3) is 22.6 Å². The van der Waals surface area contributed by atoms with Gasteiger partial charge in [0.15, 0.2) is 5.76 Å². The first-order valence-electron chi connectivity index (χ1n) is 6.39. The Morgan fingerprint density at radius 3 is 2.71 bits per heavy atom. The summed E-state index contributed by atoms with van der Waals surface area (Å²) in [5.74, 6) is 2.81. The van der Waals surface area contributed by atoms with Gasteiger partial charge in [-0.05, 0) is 30.3 Å². The molecule has 0 fully saturated rings. The van der Waals surface area contributed by atoms with Crippen molar-refractivity contribution in [1.29, 1.82) is 0 Å². The van der Waals surface area contributed by atoms with Gasteiger partial charge in [0.1, 0.15) is 17.2 Å². The number of nitrogens with zero attached hydrogens (tertiary/aromatic N) is 1. The zero-order valence-corrected chi connectivity index (χ0v) is 13.1.